The monoisotopic (exact) mass is 269 g/mol. The number of thiazole rings is 1. The molecule has 1 unspecified atom stereocenters. The Balaban J connectivity index is 2.05. The fourth-order valence-electron chi connectivity index (χ4n) is 1.79. The van der Waals surface area contributed by atoms with Crippen LogP contribution in [0.15, 0.2) is 29.9 Å². The van der Waals surface area contributed by atoms with E-state index in [0.717, 1.165) is 10.9 Å². The summed E-state index contributed by atoms with van der Waals surface area (Å²) in [5.41, 5.74) is 4.99. The third-order valence-corrected chi connectivity index (χ3v) is 3.37. The second-order valence-corrected chi connectivity index (χ2v) is 4.99. The summed E-state index contributed by atoms with van der Waals surface area (Å²) in [6, 6.07) is 3.42. The third kappa shape index (κ3) is 3.56. The number of hydrogen-bond donors (Lipinski definition) is 2. The van der Waals surface area contributed by atoms with Crippen LogP contribution in [0.4, 0.5) is 8.78 Å². The molecule has 0 bridgehead atoms. The Morgan fingerprint density at radius 1 is 1.22 bits per heavy atom. The Labute approximate surface area is 108 Å². The van der Waals surface area contributed by atoms with Gasteiger partial charge in [0.15, 0.2) is 0 Å². The number of nitrogens with one attached hydrogen (secondary N) is 1. The van der Waals surface area contributed by atoms with Crippen molar-refractivity contribution in [3.8, 4) is 0 Å². The highest BCUT2D eigenvalue weighted by Crippen LogP contribution is 2.14. The molecule has 0 saturated heterocycles. The number of hydrogen-bond acceptors (Lipinski definition) is 4. The Hall–Kier alpha value is -1.37. The van der Waals surface area contributed by atoms with Gasteiger partial charge >= 0.3 is 0 Å². The highest BCUT2D eigenvalue weighted by Gasteiger charge is 2.11. The van der Waals surface area contributed by atoms with E-state index in [4.69, 9.17) is 5.84 Å². The Morgan fingerprint density at radius 2 is 1.94 bits per heavy atom. The number of aromatic nitrogens is 1. The van der Waals surface area contributed by atoms with E-state index in [2.05, 4.69) is 10.4 Å². The van der Waals surface area contributed by atoms with Crippen molar-refractivity contribution in [2.75, 3.05) is 0 Å². The molecule has 6 heteroatoms. The molecule has 1 heterocycles. The molecule has 0 fully saturated rings. The van der Waals surface area contributed by atoms with Crippen molar-refractivity contribution < 1.29 is 8.78 Å². The molecule has 1 atom stereocenters. The molecule has 1 aromatic carbocycles. The molecule has 3 nitrogen and oxygen atoms in total. The maximum absolute atomic E-state index is 13.1. The lowest BCUT2D eigenvalue weighted by Crippen LogP contribution is -2.38. The molecule has 3 N–H and O–H groups in total. The van der Waals surface area contributed by atoms with E-state index < -0.39 is 11.6 Å². The number of hydrazine groups is 1. The molecule has 0 aliphatic rings. The van der Waals surface area contributed by atoms with Gasteiger partial charge in [-0.25, -0.2) is 8.78 Å². The minimum Gasteiger partial charge on any atom is -0.271 e. The lowest BCUT2D eigenvalue weighted by molar-refractivity contribution is 0.519. The summed E-state index contributed by atoms with van der Waals surface area (Å²) in [6.45, 7) is 0. The van der Waals surface area contributed by atoms with Gasteiger partial charge in [-0.05, 0) is 24.1 Å². The number of nitrogens with zero attached hydrogens (tertiary/aromatic N) is 1. The number of rotatable bonds is 5. The van der Waals surface area contributed by atoms with Crippen LogP contribution in [0.3, 0.4) is 0 Å². The van der Waals surface area contributed by atoms with Crippen molar-refractivity contribution in [2.45, 2.75) is 18.9 Å². The molecule has 0 amide bonds. The predicted molar refractivity (Wildman–Crippen MR) is 67.0 cm³/mol. The molecule has 96 valence electrons. The lowest BCUT2D eigenvalue weighted by Gasteiger charge is -2.14. The van der Waals surface area contributed by atoms with E-state index in [-0.39, 0.29) is 6.04 Å². The number of halogens is 2. The van der Waals surface area contributed by atoms with Crippen LogP contribution in [0.5, 0.6) is 0 Å². The van der Waals surface area contributed by atoms with E-state index >= 15 is 0 Å². The van der Waals surface area contributed by atoms with Gasteiger partial charge in [0, 0.05) is 29.6 Å². The van der Waals surface area contributed by atoms with Crippen molar-refractivity contribution in [1.82, 2.24) is 10.4 Å². The van der Waals surface area contributed by atoms with Gasteiger partial charge in [0.25, 0.3) is 0 Å². The topological polar surface area (TPSA) is 50.9 Å². The molecular formula is C12H13F2N3S. The van der Waals surface area contributed by atoms with E-state index in [1.54, 1.807) is 11.7 Å². The van der Waals surface area contributed by atoms with Crippen molar-refractivity contribution in [2.24, 2.45) is 5.84 Å². The van der Waals surface area contributed by atoms with E-state index in [1.807, 2.05) is 0 Å². The molecule has 2 rings (SSSR count). The summed E-state index contributed by atoms with van der Waals surface area (Å²) < 4.78 is 26.1. The van der Waals surface area contributed by atoms with Gasteiger partial charge in [-0.15, -0.1) is 11.3 Å². The average molecular weight is 269 g/mol. The highest BCUT2D eigenvalue weighted by atomic mass is 32.1. The molecule has 1 aromatic heterocycles. The smallest absolute Gasteiger partial charge is 0.126 e. The summed E-state index contributed by atoms with van der Waals surface area (Å²) in [6.07, 6.45) is 2.91. The zero-order valence-electron chi connectivity index (χ0n) is 9.57. The maximum Gasteiger partial charge on any atom is 0.126 e. The molecule has 0 radical (unpaired) electrons. The molecule has 0 spiro atoms. The average Bonchev–Trinajstić information content (AvgIpc) is 2.79. The summed E-state index contributed by atoms with van der Waals surface area (Å²) in [7, 11) is 0. The first kappa shape index (κ1) is 13.1. The SMILES string of the molecule is NNC(Cc1cc(F)cc(F)c1)Cc1cncs1. The summed E-state index contributed by atoms with van der Waals surface area (Å²) >= 11 is 1.53. The van der Waals surface area contributed by atoms with Gasteiger partial charge in [0.05, 0.1) is 5.51 Å². The quantitative estimate of drug-likeness (QED) is 0.645. The largest absolute Gasteiger partial charge is 0.271 e. The summed E-state index contributed by atoms with van der Waals surface area (Å²) in [5.74, 6) is 4.32. The van der Waals surface area contributed by atoms with Gasteiger partial charge in [-0.2, -0.15) is 0 Å². The van der Waals surface area contributed by atoms with Crippen molar-refractivity contribution >= 4 is 11.3 Å². The van der Waals surface area contributed by atoms with E-state index in [0.29, 0.717) is 18.4 Å². The van der Waals surface area contributed by atoms with Crippen LogP contribution in [0.25, 0.3) is 0 Å². The van der Waals surface area contributed by atoms with Crippen LogP contribution in [0.2, 0.25) is 0 Å². The predicted octanol–water partition coefficient (Wildman–Crippen LogP) is 2.04. The van der Waals surface area contributed by atoms with E-state index in [9.17, 15) is 8.78 Å². The summed E-state index contributed by atoms with van der Waals surface area (Å²) in [4.78, 5) is 5.05. The summed E-state index contributed by atoms with van der Waals surface area (Å²) in [5, 5.41) is 0. The fraction of sp³-hybridized carbons (Fsp3) is 0.250. The minimum absolute atomic E-state index is 0.0772. The first-order valence-corrected chi connectivity index (χ1v) is 6.34. The van der Waals surface area contributed by atoms with Crippen LogP contribution in [0, 0.1) is 11.6 Å². The first-order chi connectivity index (χ1) is 8.67. The zero-order valence-corrected chi connectivity index (χ0v) is 10.4. The second kappa shape index (κ2) is 5.99. The Bertz CT molecular complexity index is 482. The van der Waals surface area contributed by atoms with E-state index in [1.165, 1.54) is 23.5 Å². The van der Waals surface area contributed by atoms with Crippen LogP contribution >= 0.6 is 11.3 Å². The minimum atomic E-state index is -0.571. The maximum atomic E-state index is 13.1. The molecular weight excluding hydrogens is 256 g/mol. The number of nitrogens with two attached hydrogens (primary N) is 1. The van der Waals surface area contributed by atoms with Crippen molar-refractivity contribution in [1.29, 1.82) is 0 Å². The second-order valence-electron chi connectivity index (χ2n) is 4.02. The fourth-order valence-corrected chi connectivity index (χ4v) is 2.47. The van der Waals surface area contributed by atoms with Gasteiger partial charge in [-0.1, -0.05) is 0 Å². The number of benzene rings is 1. The van der Waals surface area contributed by atoms with Crippen molar-refractivity contribution in [3.63, 3.8) is 0 Å². The van der Waals surface area contributed by atoms with Gasteiger partial charge in [0.1, 0.15) is 11.6 Å². The molecule has 2 aromatic rings. The van der Waals surface area contributed by atoms with Gasteiger partial charge < -0.3 is 0 Å². The molecule has 18 heavy (non-hydrogen) atoms. The lowest BCUT2D eigenvalue weighted by atomic mass is 10.0. The molecule has 0 aliphatic carbocycles. The zero-order chi connectivity index (χ0) is 13.0. The van der Waals surface area contributed by atoms with Crippen LogP contribution in [-0.4, -0.2) is 11.0 Å². The van der Waals surface area contributed by atoms with Crippen molar-refractivity contribution in [3.05, 3.63) is 52.0 Å². The molecule has 0 aliphatic heterocycles. The standard InChI is InChI=1S/C12H13F2N3S/c13-9-1-8(2-10(14)4-9)3-11(17-15)5-12-6-16-7-18-12/h1-2,4,6-7,11,17H,3,5,15H2. The first-order valence-electron chi connectivity index (χ1n) is 5.46. The Kier molecular flexibility index (Phi) is 4.35. The normalized spacial score (nSPS) is 12.6. The molecule has 0 saturated carbocycles. The van der Waals surface area contributed by atoms with Crippen LogP contribution in [0.1, 0.15) is 10.4 Å². The van der Waals surface area contributed by atoms with Gasteiger partial charge in [-0.3, -0.25) is 16.3 Å². The highest BCUT2D eigenvalue weighted by molar-refractivity contribution is 7.09. The van der Waals surface area contributed by atoms with Crippen LogP contribution < -0.4 is 11.3 Å². The van der Waals surface area contributed by atoms with Crippen LogP contribution in [-0.2, 0) is 12.8 Å². The van der Waals surface area contributed by atoms with Gasteiger partial charge in [0.2, 0.25) is 0 Å². The third-order valence-electron chi connectivity index (χ3n) is 2.57. The Morgan fingerprint density at radius 3 is 2.50 bits per heavy atom.